The van der Waals surface area contributed by atoms with Crippen LogP contribution in [0.1, 0.15) is 20.8 Å². The average molecular weight is 169 g/mol. The van der Waals surface area contributed by atoms with E-state index in [2.05, 4.69) is 5.32 Å². The molecule has 0 spiro atoms. The summed E-state index contributed by atoms with van der Waals surface area (Å²) in [6.07, 6.45) is -0.223. The first-order chi connectivity index (χ1) is 5.52. The third kappa shape index (κ3) is 1.47. The van der Waals surface area contributed by atoms with Gasteiger partial charge in [-0.1, -0.05) is 0 Å². The number of ether oxygens (including phenoxy) is 1. The van der Waals surface area contributed by atoms with Crippen molar-refractivity contribution in [2.75, 3.05) is 0 Å². The predicted octanol–water partition coefficient (Wildman–Crippen LogP) is 0.342. The molecule has 1 amide bonds. The molecule has 66 valence electrons. The van der Waals surface area contributed by atoms with Gasteiger partial charge in [-0.25, -0.2) is 4.79 Å². The summed E-state index contributed by atoms with van der Waals surface area (Å²) in [6, 6.07) is 0. The highest BCUT2D eigenvalue weighted by Gasteiger charge is 2.28. The van der Waals surface area contributed by atoms with Gasteiger partial charge in [-0.2, -0.15) is 0 Å². The fourth-order valence-corrected chi connectivity index (χ4v) is 0.998. The number of nitrogens with one attached hydrogen (secondary N) is 1. The molecule has 0 bridgehead atoms. The van der Waals surface area contributed by atoms with Crippen LogP contribution in [-0.2, 0) is 14.3 Å². The van der Waals surface area contributed by atoms with E-state index in [0.717, 1.165) is 5.57 Å². The van der Waals surface area contributed by atoms with Crippen LogP contribution in [0.5, 0.6) is 0 Å². The van der Waals surface area contributed by atoms with Crippen LogP contribution in [0.25, 0.3) is 0 Å². The molecule has 0 fully saturated rings. The maximum atomic E-state index is 11.0. The summed E-state index contributed by atoms with van der Waals surface area (Å²) in [5, 5.41) is 2.44. The number of cyclic esters (lactones) is 1. The van der Waals surface area contributed by atoms with Gasteiger partial charge in [0.05, 0.1) is 0 Å². The quantitative estimate of drug-likeness (QED) is 0.576. The van der Waals surface area contributed by atoms with Gasteiger partial charge in [-0.3, -0.25) is 4.79 Å². The van der Waals surface area contributed by atoms with Gasteiger partial charge in [0.15, 0.2) is 0 Å². The van der Waals surface area contributed by atoms with Crippen molar-refractivity contribution in [3.8, 4) is 0 Å². The van der Waals surface area contributed by atoms with Crippen LogP contribution in [0.3, 0.4) is 0 Å². The summed E-state index contributed by atoms with van der Waals surface area (Å²) in [6.45, 7) is 4.89. The van der Waals surface area contributed by atoms with Crippen LogP contribution in [0.4, 0.5) is 0 Å². The van der Waals surface area contributed by atoms with Crippen molar-refractivity contribution in [3.05, 3.63) is 11.3 Å². The lowest BCUT2D eigenvalue weighted by Gasteiger charge is -2.00. The Kier molecular flexibility index (Phi) is 2.17. The van der Waals surface area contributed by atoms with Gasteiger partial charge in [0.25, 0.3) is 0 Å². The second-order valence-electron chi connectivity index (χ2n) is 2.79. The number of hydrogen-bond donors (Lipinski definition) is 1. The lowest BCUT2D eigenvalue weighted by atomic mass is 10.2. The lowest BCUT2D eigenvalue weighted by Crippen LogP contribution is -2.23. The van der Waals surface area contributed by atoms with Gasteiger partial charge in [0, 0.05) is 6.92 Å². The smallest absolute Gasteiger partial charge is 0.355 e. The molecule has 1 heterocycles. The maximum Gasteiger partial charge on any atom is 0.355 e. The number of esters is 1. The molecular formula is C8H11NO3. The Labute approximate surface area is 70.6 Å². The minimum Gasteiger partial charge on any atom is -0.453 e. The fraction of sp³-hybridized carbons (Fsp3) is 0.500. The van der Waals surface area contributed by atoms with Crippen molar-refractivity contribution < 1.29 is 14.3 Å². The molecule has 1 unspecified atom stereocenters. The zero-order valence-corrected chi connectivity index (χ0v) is 7.30. The standard InChI is InChI=1S/C8H11NO3/c1-4-5(2)12-8(11)7(4)9-6(3)10/h5H,1-3H3,(H,9,10). The minimum atomic E-state index is -0.449. The van der Waals surface area contributed by atoms with E-state index in [0.29, 0.717) is 0 Å². The normalized spacial score (nSPS) is 22.6. The molecule has 4 heteroatoms. The van der Waals surface area contributed by atoms with Crippen molar-refractivity contribution >= 4 is 11.9 Å². The largest absolute Gasteiger partial charge is 0.453 e. The molecule has 0 saturated carbocycles. The summed E-state index contributed by atoms with van der Waals surface area (Å²) >= 11 is 0. The Balaban J connectivity index is 2.85. The number of carbonyl (C=O) groups excluding carboxylic acids is 2. The Morgan fingerprint density at radius 2 is 2.17 bits per heavy atom. The van der Waals surface area contributed by atoms with E-state index in [1.165, 1.54) is 6.92 Å². The molecule has 4 nitrogen and oxygen atoms in total. The Morgan fingerprint density at radius 1 is 1.58 bits per heavy atom. The lowest BCUT2D eigenvalue weighted by molar-refractivity contribution is -0.140. The highest BCUT2D eigenvalue weighted by Crippen LogP contribution is 2.19. The SMILES string of the molecule is CC(=O)NC1=C(C)C(C)OC1=O. The molecule has 0 aromatic carbocycles. The highest BCUT2D eigenvalue weighted by molar-refractivity contribution is 5.96. The molecule has 0 aliphatic carbocycles. The van der Waals surface area contributed by atoms with Gasteiger partial charge in [0.2, 0.25) is 5.91 Å². The van der Waals surface area contributed by atoms with Gasteiger partial charge in [0.1, 0.15) is 11.8 Å². The van der Waals surface area contributed by atoms with Crippen molar-refractivity contribution in [1.82, 2.24) is 5.32 Å². The van der Waals surface area contributed by atoms with Crippen LogP contribution >= 0.6 is 0 Å². The predicted molar refractivity (Wildman–Crippen MR) is 42.1 cm³/mol. The van der Waals surface area contributed by atoms with E-state index < -0.39 is 5.97 Å². The average Bonchev–Trinajstić information content (AvgIpc) is 2.16. The zero-order valence-electron chi connectivity index (χ0n) is 7.30. The molecule has 12 heavy (non-hydrogen) atoms. The van der Waals surface area contributed by atoms with Crippen LogP contribution in [0.15, 0.2) is 11.3 Å². The van der Waals surface area contributed by atoms with Gasteiger partial charge < -0.3 is 10.1 Å². The van der Waals surface area contributed by atoms with E-state index >= 15 is 0 Å². The first-order valence-corrected chi connectivity index (χ1v) is 3.71. The summed E-state index contributed by atoms with van der Waals surface area (Å²) < 4.78 is 4.86. The Morgan fingerprint density at radius 3 is 2.50 bits per heavy atom. The molecule has 1 aliphatic heterocycles. The molecule has 0 radical (unpaired) electrons. The van der Waals surface area contributed by atoms with E-state index in [9.17, 15) is 9.59 Å². The molecule has 1 N–H and O–H groups in total. The first-order valence-electron chi connectivity index (χ1n) is 3.71. The second kappa shape index (κ2) is 2.97. The molecule has 1 rings (SSSR count). The van der Waals surface area contributed by atoms with Gasteiger partial charge >= 0.3 is 5.97 Å². The van der Waals surface area contributed by atoms with Crippen molar-refractivity contribution in [3.63, 3.8) is 0 Å². The van der Waals surface area contributed by atoms with E-state index in [4.69, 9.17) is 4.74 Å². The highest BCUT2D eigenvalue weighted by atomic mass is 16.5. The van der Waals surface area contributed by atoms with Crippen LogP contribution in [0, 0.1) is 0 Å². The molecule has 1 aliphatic rings. The molecular weight excluding hydrogens is 158 g/mol. The molecule has 1 atom stereocenters. The number of amides is 1. The van der Waals surface area contributed by atoms with Crippen molar-refractivity contribution in [1.29, 1.82) is 0 Å². The number of rotatable bonds is 1. The first kappa shape index (κ1) is 8.77. The zero-order chi connectivity index (χ0) is 9.30. The molecule has 0 aromatic rings. The van der Waals surface area contributed by atoms with E-state index in [1.54, 1.807) is 13.8 Å². The van der Waals surface area contributed by atoms with Gasteiger partial charge in [-0.15, -0.1) is 0 Å². The third-order valence-electron chi connectivity index (χ3n) is 1.79. The van der Waals surface area contributed by atoms with E-state index in [1.807, 2.05) is 0 Å². The Bertz CT molecular complexity index is 267. The number of hydrogen-bond acceptors (Lipinski definition) is 3. The number of carbonyl (C=O) groups is 2. The third-order valence-corrected chi connectivity index (χ3v) is 1.79. The van der Waals surface area contributed by atoms with Crippen molar-refractivity contribution in [2.24, 2.45) is 0 Å². The summed E-state index contributed by atoms with van der Waals surface area (Å²) in [7, 11) is 0. The monoisotopic (exact) mass is 169 g/mol. The van der Waals surface area contributed by atoms with Crippen LogP contribution in [-0.4, -0.2) is 18.0 Å². The minimum absolute atomic E-state index is 0.223. The Hall–Kier alpha value is -1.32. The second-order valence-corrected chi connectivity index (χ2v) is 2.79. The van der Waals surface area contributed by atoms with Gasteiger partial charge in [-0.05, 0) is 19.4 Å². The molecule has 0 aromatic heterocycles. The maximum absolute atomic E-state index is 11.0. The van der Waals surface area contributed by atoms with Crippen molar-refractivity contribution in [2.45, 2.75) is 26.9 Å². The topological polar surface area (TPSA) is 55.4 Å². The van der Waals surface area contributed by atoms with Crippen LogP contribution < -0.4 is 5.32 Å². The van der Waals surface area contributed by atoms with Crippen LogP contribution in [0.2, 0.25) is 0 Å². The molecule has 0 saturated heterocycles. The summed E-state index contributed by atoms with van der Waals surface area (Å²) in [4.78, 5) is 21.7. The fourth-order valence-electron chi connectivity index (χ4n) is 0.998. The van der Waals surface area contributed by atoms with E-state index in [-0.39, 0.29) is 17.7 Å². The summed E-state index contributed by atoms with van der Waals surface area (Å²) in [5.41, 5.74) is 1.06. The summed E-state index contributed by atoms with van der Waals surface area (Å²) in [5.74, 6) is -0.703.